The van der Waals surface area contributed by atoms with Crippen molar-refractivity contribution >= 4 is 50.5 Å². The van der Waals surface area contributed by atoms with E-state index >= 15 is 0 Å². The van der Waals surface area contributed by atoms with Gasteiger partial charge in [0.25, 0.3) is 0 Å². The van der Waals surface area contributed by atoms with Gasteiger partial charge in [-0.15, -0.1) is 0 Å². The lowest BCUT2D eigenvalue weighted by Gasteiger charge is -2.22. The monoisotopic (exact) mass is 392 g/mol. The highest BCUT2D eigenvalue weighted by molar-refractivity contribution is 9.14. The van der Waals surface area contributed by atoms with Crippen LogP contribution in [0.15, 0.2) is 26.4 Å². The maximum Gasteiger partial charge on any atom is 0.242 e. The number of carbonyl (C=O) groups is 1. The number of carbonyl (C=O) groups excluding carboxylic acids is 1. The van der Waals surface area contributed by atoms with E-state index in [1.165, 1.54) is 11.8 Å². The number of nitrogens with zero attached hydrogens (tertiary/aromatic N) is 1. The summed E-state index contributed by atoms with van der Waals surface area (Å²) in [6, 6.07) is 0. The molecule has 0 aromatic carbocycles. The molecule has 1 aliphatic rings. The Morgan fingerprint density at radius 1 is 1.57 bits per heavy atom. The lowest BCUT2D eigenvalue weighted by atomic mass is 9.96. The first-order valence-corrected chi connectivity index (χ1v) is 9.44. The molecule has 1 amide bonds. The molecule has 3 nitrogen and oxygen atoms in total. The zero-order valence-corrected chi connectivity index (χ0v) is 16.8. The highest BCUT2D eigenvalue weighted by Gasteiger charge is 2.44. The molecular formula is C15H25BrN2OS2. The summed E-state index contributed by atoms with van der Waals surface area (Å²) in [6.07, 6.45) is 1.96. The number of amidine groups is 1. The Morgan fingerprint density at radius 2 is 2.14 bits per heavy atom. The summed E-state index contributed by atoms with van der Waals surface area (Å²) in [7, 11) is 0. The molecule has 1 fully saturated rings. The van der Waals surface area contributed by atoms with E-state index in [2.05, 4.69) is 32.8 Å². The van der Waals surface area contributed by atoms with E-state index in [1.54, 1.807) is 11.8 Å². The van der Waals surface area contributed by atoms with Crippen LogP contribution in [0.4, 0.5) is 0 Å². The van der Waals surface area contributed by atoms with Crippen LogP contribution in [-0.2, 0) is 4.79 Å². The van der Waals surface area contributed by atoms with Gasteiger partial charge in [0.15, 0.2) is 5.17 Å². The van der Waals surface area contributed by atoms with E-state index in [1.807, 2.05) is 47.6 Å². The van der Waals surface area contributed by atoms with Gasteiger partial charge in [0, 0.05) is 4.91 Å². The fourth-order valence-corrected chi connectivity index (χ4v) is 3.60. The van der Waals surface area contributed by atoms with E-state index in [0.29, 0.717) is 11.7 Å². The lowest BCUT2D eigenvalue weighted by Crippen LogP contribution is -2.38. The molecule has 0 radical (unpaired) electrons. The first-order chi connectivity index (χ1) is 9.79. The minimum atomic E-state index is -0.419. The van der Waals surface area contributed by atoms with Crippen molar-refractivity contribution in [2.24, 2.45) is 10.9 Å². The molecule has 6 heteroatoms. The minimum Gasteiger partial charge on any atom is -0.304 e. The molecule has 1 aliphatic heterocycles. The molecule has 0 bridgehead atoms. The fraction of sp³-hybridized carbons (Fsp3) is 0.600. The zero-order valence-electron chi connectivity index (χ0n) is 13.6. The number of rotatable bonds is 5. The van der Waals surface area contributed by atoms with E-state index in [9.17, 15) is 4.79 Å². The smallest absolute Gasteiger partial charge is 0.242 e. The highest BCUT2D eigenvalue weighted by atomic mass is 79.9. The third kappa shape index (κ3) is 6.20. The predicted octanol–water partition coefficient (Wildman–Crippen LogP) is 5.15. The number of hydrogen-bond acceptors (Lipinski definition) is 4. The Morgan fingerprint density at radius 3 is 2.57 bits per heavy atom. The van der Waals surface area contributed by atoms with Crippen molar-refractivity contribution in [2.75, 3.05) is 6.54 Å². The van der Waals surface area contributed by atoms with E-state index in [4.69, 9.17) is 0 Å². The summed E-state index contributed by atoms with van der Waals surface area (Å²) >= 11 is 6.47. The summed E-state index contributed by atoms with van der Waals surface area (Å²) in [5.74, 6) is 0.305. The molecule has 0 aromatic heterocycles. The summed E-state index contributed by atoms with van der Waals surface area (Å²) in [4.78, 5) is 17.3. The predicted molar refractivity (Wildman–Crippen MR) is 102 cm³/mol. The molecule has 0 saturated carbocycles. The van der Waals surface area contributed by atoms with Gasteiger partial charge < -0.3 is 5.32 Å². The van der Waals surface area contributed by atoms with Crippen molar-refractivity contribution in [2.45, 2.75) is 46.3 Å². The molecule has 1 N–H and O–H groups in total. The molecule has 0 aromatic rings. The third-order valence-corrected chi connectivity index (χ3v) is 6.25. The van der Waals surface area contributed by atoms with Gasteiger partial charge in [-0.3, -0.25) is 9.79 Å². The largest absolute Gasteiger partial charge is 0.304 e. The van der Waals surface area contributed by atoms with Crippen LogP contribution >= 0.6 is 39.5 Å². The molecule has 120 valence electrons. The molecule has 0 spiro atoms. The Hall–Kier alpha value is -0.200. The summed E-state index contributed by atoms with van der Waals surface area (Å²) in [6.45, 7) is 16.5. The van der Waals surface area contributed by atoms with Gasteiger partial charge in [-0.2, -0.15) is 0 Å². The quantitative estimate of drug-likeness (QED) is 0.702. The maximum absolute atomic E-state index is 12.0. The van der Waals surface area contributed by atoms with E-state index in [-0.39, 0.29) is 11.8 Å². The van der Waals surface area contributed by atoms with Gasteiger partial charge in [0.1, 0.15) is 4.75 Å². The summed E-state index contributed by atoms with van der Waals surface area (Å²) in [5, 5.41) is 3.54. The second kappa shape index (κ2) is 9.74. The first-order valence-electron chi connectivity index (χ1n) is 7.02. The summed E-state index contributed by atoms with van der Waals surface area (Å²) in [5.41, 5.74) is 0. The third-order valence-electron chi connectivity index (χ3n) is 2.95. The fourth-order valence-electron chi connectivity index (χ4n) is 1.33. The van der Waals surface area contributed by atoms with Crippen molar-refractivity contribution in [3.8, 4) is 0 Å². The Bertz CT molecular complexity index is 447. The van der Waals surface area contributed by atoms with Crippen LogP contribution in [0.2, 0.25) is 0 Å². The van der Waals surface area contributed by atoms with Crippen LogP contribution in [0.5, 0.6) is 0 Å². The van der Waals surface area contributed by atoms with Crippen LogP contribution < -0.4 is 5.32 Å². The van der Waals surface area contributed by atoms with Gasteiger partial charge >= 0.3 is 0 Å². The van der Waals surface area contributed by atoms with Gasteiger partial charge in [0.05, 0.1) is 10.4 Å². The second-order valence-corrected chi connectivity index (χ2v) is 8.71. The van der Waals surface area contributed by atoms with Crippen LogP contribution in [0.25, 0.3) is 0 Å². The van der Waals surface area contributed by atoms with Crippen LogP contribution in [0.3, 0.4) is 0 Å². The van der Waals surface area contributed by atoms with Gasteiger partial charge in [0.2, 0.25) is 5.91 Å². The minimum absolute atomic E-state index is 0.0409. The standard InChI is InChI=1S/C13H19BrN2OS2.C2H6/c1-6-10(14)18-9(4)7-15-12-16-11(17)13(5,19-12)8(2)3;1-2/h6,8H,4,7H2,1-3,5H3,(H,15,16,17);1-2H3/b10-6-;. The van der Waals surface area contributed by atoms with Gasteiger partial charge in [-0.05, 0) is 35.7 Å². The molecule has 0 aliphatic carbocycles. The Kier molecular flexibility index (Phi) is 9.65. The molecule has 1 saturated heterocycles. The number of allylic oxidation sites excluding steroid dienone is 1. The normalized spacial score (nSPS) is 23.9. The molecule has 1 heterocycles. The Labute approximate surface area is 145 Å². The first kappa shape index (κ1) is 20.8. The molecule has 1 atom stereocenters. The number of thioether (sulfide) groups is 2. The highest BCUT2D eigenvalue weighted by Crippen LogP contribution is 2.38. The van der Waals surface area contributed by atoms with Gasteiger partial charge in [-0.25, -0.2) is 0 Å². The van der Waals surface area contributed by atoms with E-state index in [0.717, 1.165) is 8.72 Å². The number of hydrogen-bond donors (Lipinski definition) is 1. The number of nitrogens with one attached hydrogen (secondary N) is 1. The van der Waals surface area contributed by atoms with Crippen molar-refractivity contribution in [3.63, 3.8) is 0 Å². The molecular weight excluding hydrogens is 368 g/mol. The summed E-state index contributed by atoms with van der Waals surface area (Å²) < 4.78 is 0.602. The van der Waals surface area contributed by atoms with Crippen LogP contribution in [-0.4, -0.2) is 22.4 Å². The topological polar surface area (TPSA) is 41.5 Å². The molecule has 1 rings (SSSR count). The number of amides is 1. The van der Waals surface area contributed by atoms with Crippen LogP contribution in [0.1, 0.15) is 41.5 Å². The van der Waals surface area contributed by atoms with Crippen molar-refractivity contribution < 1.29 is 4.79 Å². The zero-order chi connectivity index (χ0) is 16.6. The second-order valence-electron chi connectivity index (χ2n) is 4.67. The average Bonchev–Trinajstić information content (AvgIpc) is 2.75. The SMILES string of the molecule is C=C(CN=C1NC(=O)C(C)(C(C)C)S1)S/C(Br)=C\C.CC. The lowest BCUT2D eigenvalue weighted by molar-refractivity contribution is -0.122. The molecule has 21 heavy (non-hydrogen) atoms. The number of aliphatic imine (C=N–C) groups is 1. The van der Waals surface area contributed by atoms with Crippen molar-refractivity contribution in [1.29, 1.82) is 0 Å². The molecule has 1 unspecified atom stereocenters. The van der Waals surface area contributed by atoms with Crippen molar-refractivity contribution in [1.82, 2.24) is 5.32 Å². The Balaban J connectivity index is 0.00000191. The van der Waals surface area contributed by atoms with E-state index < -0.39 is 4.75 Å². The average molecular weight is 393 g/mol. The van der Waals surface area contributed by atoms with Crippen LogP contribution in [0, 0.1) is 5.92 Å². The maximum atomic E-state index is 12.0. The number of halogens is 1. The van der Waals surface area contributed by atoms with Gasteiger partial charge in [-0.1, -0.05) is 63.9 Å². The van der Waals surface area contributed by atoms with Crippen molar-refractivity contribution in [3.05, 3.63) is 21.4 Å².